The summed E-state index contributed by atoms with van der Waals surface area (Å²) in [6, 6.07) is 16.6. The van der Waals surface area contributed by atoms with Gasteiger partial charge in [0.25, 0.3) is 0 Å². The minimum atomic E-state index is -1.08. The van der Waals surface area contributed by atoms with Gasteiger partial charge in [0.05, 0.1) is 6.04 Å². The van der Waals surface area contributed by atoms with E-state index in [9.17, 15) is 9.00 Å². The van der Waals surface area contributed by atoms with Gasteiger partial charge >= 0.3 is 6.03 Å². The third-order valence-electron chi connectivity index (χ3n) is 3.96. The van der Waals surface area contributed by atoms with Crippen LogP contribution in [0, 0.1) is 0 Å². The second kappa shape index (κ2) is 7.59. The molecule has 1 aliphatic rings. The van der Waals surface area contributed by atoms with E-state index in [0.29, 0.717) is 17.2 Å². The van der Waals surface area contributed by atoms with Gasteiger partial charge in [-0.05, 0) is 30.2 Å². The summed E-state index contributed by atoms with van der Waals surface area (Å²) in [5.74, 6) is 0. The summed E-state index contributed by atoms with van der Waals surface area (Å²) in [5, 5.41) is 5.77. The number of carbonyl (C=O) groups is 1. The third kappa shape index (κ3) is 4.01. The van der Waals surface area contributed by atoms with Crippen molar-refractivity contribution < 1.29 is 13.7 Å². The van der Waals surface area contributed by atoms with Gasteiger partial charge in [-0.15, -0.1) is 0 Å². The van der Waals surface area contributed by atoms with Gasteiger partial charge in [-0.3, -0.25) is 4.21 Å². The predicted molar refractivity (Wildman–Crippen MR) is 94.5 cm³/mol. The van der Waals surface area contributed by atoms with Crippen LogP contribution in [0.15, 0.2) is 59.5 Å². The van der Waals surface area contributed by atoms with Crippen molar-refractivity contribution in [3.05, 3.63) is 60.2 Å². The molecule has 2 aromatic carbocycles. The normalized spacial score (nSPS) is 21.2. The van der Waals surface area contributed by atoms with E-state index >= 15 is 0 Å². The first-order valence-corrected chi connectivity index (χ1v) is 9.37. The van der Waals surface area contributed by atoms with Crippen molar-refractivity contribution in [2.45, 2.75) is 23.5 Å². The molecule has 3 atom stereocenters. The van der Waals surface area contributed by atoms with Gasteiger partial charge in [0.15, 0.2) is 0 Å². The molecule has 0 saturated carbocycles. The molecule has 1 fully saturated rings. The fraction of sp³-hybridized carbons (Fsp3) is 0.278. The monoisotopic (exact) mass is 344 g/mol. The van der Waals surface area contributed by atoms with Gasteiger partial charge < -0.3 is 15.4 Å². The Kier molecular flexibility index (Phi) is 5.27. The van der Waals surface area contributed by atoms with Gasteiger partial charge in [0.2, 0.25) is 0 Å². The fourth-order valence-corrected chi connectivity index (χ4v) is 3.36. The Hall–Kier alpha value is -2.18. The van der Waals surface area contributed by atoms with E-state index < -0.39 is 10.8 Å². The Morgan fingerprint density at radius 1 is 1.17 bits per heavy atom. The van der Waals surface area contributed by atoms with Crippen molar-refractivity contribution in [1.82, 2.24) is 5.32 Å². The first kappa shape index (κ1) is 16.7. The number of rotatable bonds is 4. The van der Waals surface area contributed by atoms with E-state index in [0.717, 1.165) is 12.0 Å². The summed E-state index contributed by atoms with van der Waals surface area (Å²) in [4.78, 5) is 13.0. The van der Waals surface area contributed by atoms with Gasteiger partial charge in [-0.2, -0.15) is 0 Å². The molecular formula is C18H20N2O3S. The van der Waals surface area contributed by atoms with Crippen molar-refractivity contribution in [3.8, 4) is 0 Å². The SMILES string of the molecule is C[S@](=O)c1cccc(NC(=O)N[C@@H]2CCO[C@H]2c2ccccc2)c1. The van der Waals surface area contributed by atoms with E-state index in [1.807, 2.05) is 30.3 Å². The second-order valence-electron chi connectivity index (χ2n) is 5.68. The van der Waals surface area contributed by atoms with Crippen LogP contribution in [0.3, 0.4) is 0 Å². The Morgan fingerprint density at radius 2 is 1.96 bits per heavy atom. The van der Waals surface area contributed by atoms with E-state index in [1.54, 1.807) is 30.5 Å². The highest BCUT2D eigenvalue weighted by atomic mass is 32.2. The largest absolute Gasteiger partial charge is 0.371 e. The molecule has 5 nitrogen and oxygen atoms in total. The zero-order valence-electron chi connectivity index (χ0n) is 13.4. The van der Waals surface area contributed by atoms with Crippen molar-refractivity contribution in [1.29, 1.82) is 0 Å². The van der Waals surface area contributed by atoms with Crippen molar-refractivity contribution in [2.75, 3.05) is 18.2 Å². The number of amides is 2. The Morgan fingerprint density at radius 3 is 2.71 bits per heavy atom. The molecule has 0 spiro atoms. The molecule has 126 valence electrons. The smallest absolute Gasteiger partial charge is 0.319 e. The summed E-state index contributed by atoms with van der Waals surface area (Å²) >= 11 is 0. The van der Waals surface area contributed by atoms with E-state index in [2.05, 4.69) is 10.6 Å². The summed E-state index contributed by atoms with van der Waals surface area (Å²) in [5.41, 5.74) is 1.68. The maximum absolute atomic E-state index is 12.3. The van der Waals surface area contributed by atoms with E-state index in [-0.39, 0.29) is 18.2 Å². The molecule has 6 heteroatoms. The number of anilines is 1. The predicted octanol–water partition coefficient (Wildman–Crippen LogP) is 3.08. The number of nitrogens with one attached hydrogen (secondary N) is 2. The fourth-order valence-electron chi connectivity index (χ4n) is 2.80. The number of urea groups is 1. The lowest BCUT2D eigenvalue weighted by Crippen LogP contribution is -2.39. The Bertz CT molecular complexity index is 736. The molecule has 0 aliphatic carbocycles. The molecule has 0 radical (unpaired) electrons. The standard InChI is InChI=1S/C18H20N2O3S/c1-24(22)15-9-5-8-14(12-15)19-18(21)20-16-10-11-23-17(16)13-6-3-2-4-7-13/h2-9,12,16-17H,10-11H2,1H3,(H2,19,20,21)/t16-,17+,24+/m1/s1. The topological polar surface area (TPSA) is 67.4 Å². The second-order valence-corrected chi connectivity index (χ2v) is 7.06. The third-order valence-corrected chi connectivity index (χ3v) is 4.88. The molecule has 0 bridgehead atoms. The zero-order chi connectivity index (χ0) is 16.9. The van der Waals surface area contributed by atoms with Gasteiger partial charge in [-0.25, -0.2) is 4.79 Å². The van der Waals surface area contributed by atoms with Crippen LogP contribution in [0.2, 0.25) is 0 Å². The molecule has 1 heterocycles. The average Bonchev–Trinajstić information content (AvgIpc) is 3.03. The van der Waals surface area contributed by atoms with Crippen LogP contribution < -0.4 is 10.6 Å². The maximum Gasteiger partial charge on any atom is 0.319 e. The van der Waals surface area contributed by atoms with Crippen LogP contribution in [0.1, 0.15) is 18.1 Å². The van der Waals surface area contributed by atoms with Crippen LogP contribution in [-0.4, -0.2) is 29.1 Å². The highest BCUT2D eigenvalue weighted by molar-refractivity contribution is 7.84. The molecule has 2 N–H and O–H groups in total. The first-order valence-electron chi connectivity index (χ1n) is 7.81. The summed E-state index contributed by atoms with van der Waals surface area (Å²) < 4.78 is 17.3. The molecule has 1 saturated heterocycles. The summed E-state index contributed by atoms with van der Waals surface area (Å²) in [6.07, 6.45) is 2.25. The van der Waals surface area contributed by atoms with E-state index in [4.69, 9.17) is 4.74 Å². The molecule has 0 aromatic heterocycles. The Balaban J connectivity index is 1.64. The lowest BCUT2D eigenvalue weighted by atomic mass is 10.0. The number of hydrogen-bond acceptors (Lipinski definition) is 3. The highest BCUT2D eigenvalue weighted by Crippen LogP contribution is 2.29. The molecule has 3 rings (SSSR count). The van der Waals surface area contributed by atoms with Crippen LogP contribution in [0.4, 0.5) is 10.5 Å². The minimum absolute atomic E-state index is 0.0733. The minimum Gasteiger partial charge on any atom is -0.371 e. The first-order chi connectivity index (χ1) is 11.6. The molecule has 1 aliphatic heterocycles. The van der Waals surface area contributed by atoms with Crippen molar-refractivity contribution in [3.63, 3.8) is 0 Å². The molecule has 2 aromatic rings. The lowest BCUT2D eigenvalue weighted by Gasteiger charge is -2.20. The van der Waals surface area contributed by atoms with Crippen LogP contribution in [0.25, 0.3) is 0 Å². The molecule has 0 unspecified atom stereocenters. The average molecular weight is 344 g/mol. The van der Waals surface area contributed by atoms with E-state index in [1.165, 1.54) is 0 Å². The van der Waals surface area contributed by atoms with Gasteiger partial charge in [-0.1, -0.05) is 36.4 Å². The van der Waals surface area contributed by atoms with Crippen LogP contribution in [0.5, 0.6) is 0 Å². The van der Waals surface area contributed by atoms with Crippen molar-refractivity contribution >= 4 is 22.5 Å². The van der Waals surface area contributed by atoms with Crippen molar-refractivity contribution in [2.24, 2.45) is 0 Å². The zero-order valence-corrected chi connectivity index (χ0v) is 14.2. The quantitative estimate of drug-likeness (QED) is 0.896. The van der Waals surface area contributed by atoms with Gasteiger partial charge in [0, 0.05) is 34.2 Å². The lowest BCUT2D eigenvalue weighted by molar-refractivity contribution is 0.100. The molecule has 2 amide bonds. The number of hydrogen-bond donors (Lipinski definition) is 2. The van der Waals surface area contributed by atoms with Crippen LogP contribution >= 0.6 is 0 Å². The number of ether oxygens (including phenoxy) is 1. The van der Waals surface area contributed by atoms with Gasteiger partial charge in [0.1, 0.15) is 6.10 Å². The summed E-state index contributed by atoms with van der Waals surface area (Å²) in [6.45, 7) is 0.620. The maximum atomic E-state index is 12.3. The molecular weight excluding hydrogens is 324 g/mol. The highest BCUT2D eigenvalue weighted by Gasteiger charge is 2.30. The number of carbonyl (C=O) groups excluding carboxylic acids is 1. The Labute approximate surface area is 143 Å². The summed E-state index contributed by atoms with van der Waals surface area (Å²) in [7, 11) is -1.08. The molecule has 24 heavy (non-hydrogen) atoms. The number of benzene rings is 2. The van der Waals surface area contributed by atoms with Crippen LogP contribution in [-0.2, 0) is 15.5 Å².